The molecule has 8 aromatic rings. The molecule has 2 heterocycles. The summed E-state index contributed by atoms with van der Waals surface area (Å²) < 4.78 is 55.8. The molecule has 0 saturated carbocycles. The fraction of sp³-hybridized carbons (Fsp3) is 0.226. The summed E-state index contributed by atoms with van der Waals surface area (Å²) in [6, 6.07) is 35.1. The lowest BCUT2D eigenvalue weighted by molar-refractivity contribution is 0.0942. The number of amides is 2. The molecule has 14 rings (SSSR count). The van der Waals surface area contributed by atoms with E-state index in [2.05, 4.69) is 50.9 Å². The van der Waals surface area contributed by atoms with Crippen LogP contribution in [0.2, 0.25) is 0 Å². The molecular formula is C62H54F4N6O2. The monoisotopic (exact) mass is 990 g/mol. The predicted octanol–water partition coefficient (Wildman–Crippen LogP) is 13.1. The minimum absolute atomic E-state index is 0.123. The Labute approximate surface area is 427 Å². The summed E-state index contributed by atoms with van der Waals surface area (Å²) >= 11 is 0. The topological polar surface area (TPSA) is 136 Å². The van der Waals surface area contributed by atoms with Crippen LogP contribution in [-0.4, -0.2) is 21.8 Å². The van der Waals surface area contributed by atoms with E-state index in [0.717, 1.165) is 88.1 Å². The number of fused-ring (bicyclic) bond motifs is 2. The lowest BCUT2D eigenvalue weighted by atomic mass is 9.63. The molecule has 12 heteroatoms. The largest absolute Gasteiger partial charge is 0.384 e. The van der Waals surface area contributed by atoms with Crippen molar-refractivity contribution in [2.24, 2.45) is 0 Å². The number of nitrogens with two attached hydrogens (primary N) is 2. The van der Waals surface area contributed by atoms with E-state index < -0.39 is 23.3 Å². The van der Waals surface area contributed by atoms with Gasteiger partial charge in [-0.1, -0.05) is 48.5 Å². The Morgan fingerprint density at radius 2 is 0.811 bits per heavy atom. The summed E-state index contributed by atoms with van der Waals surface area (Å²) in [5.74, 6) is -0.822. The summed E-state index contributed by atoms with van der Waals surface area (Å²) in [5, 5.41) is 6.08. The van der Waals surface area contributed by atoms with Gasteiger partial charge in [-0.15, -0.1) is 0 Å². The average Bonchev–Trinajstić information content (AvgIpc) is 3.38. The number of pyridine rings is 2. The molecule has 0 aliphatic heterocycles. The van der Waals surface area contributed by atoms with Crippen molar-refractivity contribution in [2.45, 2.75) is 90.1 Å². The van der Waals surface area contributed by atoms with Gasteiger partial charge in [0.2, 0.25) is 0 Å². The molecule has 0 spiro atoms. The number of halogens is 4. The Morgan fingerprint density at radius 3 is 1.19 bits per heavy atom. The first-order valence-corrected chi connectivity index (χ1v) is 25.1. The van der Waals surface area contributed by atoms with Crippen LogP contribution in [0.5, 0.6) is 0 Å². The van der Waals surface area contributed by atoms with Crippen molar-refractivity contribution in [3.05, 3.63) is 234 Å². The van der Waals surface area contributed by atoms with Gasteiger partial charge in [0, 0.05) is 82.5 Å². The molecule has 4 atom stereocenters. The third-order valence-electron chi connectivity index (χ3n) is 15.8. The summed E-state index contributed by atoms with van der Waals surface area (Å²) in [5.41, 5.74) is 30.5. The maximum absolute atomic E-state index is 14.5. The Bertz CT molecular complexity index is 3580. The Morgan fingerprint density at radius 1 is 0.459 bits per heavy atom. The van der Waals surface area contributed by atoms with Gasteiger partial charge >= 0.3 is 0 Å². The van der Waals surface area contributed by atoms with Crippen molar-refractivity contribution in [3.63, 3.8) is 0 Å². The molecule has 0 saturated heterocycles. The van der Waals surface area contributed by atoms with Gasteiger partial charge in [-0.05, 0) is 192 Å². The standard InChI is InChI=1S/2C31H27F2N3O/c1-16-11-30(34)36-17(2)28(16)15-35-31(37)19-4-7-24-22-9-10-25(27(24)13-19)26-12-18(3-6-23(22)26)21-8-5-20(32)14-29(21)33;1-16-11-30(34)36-17(2)28(16)15-35-31(37)19-4-7-23-24-9-10-25(27(23)13-19)22-6-3-18(12-26(22)24)21-8-5-20(32)14-29(21)33/h3-8,11-14,22,25H,9-10,15H2,1-2H3,(H2,34,36)(H,35,37);3-8,11-14,24-25H,9-10,15H2,1-2H3,(H2,34,36)(H,35,37). The Balaban J connectivity index is 0.000000159. The number of nitrogens with one attached hydrogen (secondary N) is 2. The fourth-order valence-electron chi connectivity index (χ4n) is 12.3. The van der Waals surface area contributed by atoms with Crippen molar-refractivity contribution in [3.8, 4) is 22.3 Å². The minimum atomic E-state index is -0.587. The number of nitrogens with zero attached hydrogens (tertiary/aromatic N) is 2. The SMILES string of the molecule is Cc1cc(N)nc(C)c1CNC(=O)c1ccc2c(c1)C1CCC2c2cc(-c3ccc(F)cc3F)ccc21.Cc1cc(N)nc(C)c1CNC(=O)c1ccc2c(c1)C1CCC2c2ccc(-c3ccc(F)cc3F)cc21. The number of carbonyl (C=O) groups is 2. The number of rotatable bonds is 8. The van der Waals surface area contributed by atoms with Crippen LogP contribution in [0.15, 0.2) is 121 Å². The van der Waals surface area contributed by atoms with E-state index in [0.29, 0.717) is 47.0 Å². The highest BCUT2D eigenvalue weighted by molar-refractivity contribution is 5.95. The molecule has 8 nitrogen and oxygen atoms in total. The van der Waals surface area contributed by atoms with Gasteiger partial charge in [-0.25, -0.2) is 27.5 Å². The first-order chi connectivity index (χ1) is 35.6. The number of anilines is 2. The Hall–Kier alpha value is -8.12. The van der Waals surface area contributed by atoms with E-state index in [1.54, 1.807) is 0 Å². The normalized spacial score (nSPS) is 17.3. The van der Waals surface area contributed by atoms with Crippen LogP contribution in [0.1, 0.15) is 148 Å². The van der Waals surface area contributed by atoms with Crippen LogP contribution in [0.3, 0.4) is 0 Å². The van der Waals surface area contributed by atoms with Crippen molar-refractivity contribution in [1.29, 1.82) is 0 Å². The van der Waals surface area contributed by atoms with Gasteiger partial charge in [-0.2, -0.15) is 0 Å². The lowest BCUT2D eigenvalue weighted by Gasteiger charge is -2.40. The van der Waals surface area contributed by atoms with E-state index >= 15 is 0 Å². The predicted molar refractivity (Wildman–Crippen MR) is 281 cm³/mol. The average molecular weight is 991 g/mol. The van der Waals surface area contributed by atoms with Gasteiger partial charge in [0.15, 0.2) is 0 Å². The molecule has 2 amide bonds. The zero-order chi connectivity index (χ0) is 51.7. The number of nitrogen functional groups attached to an aromatic ring is 2. The van der Waals surface area contributed by atoms with E-state index in [1.807, 2.05) is 82.3 Å². The number of aryl methyl sites for hydroxylation is 4. The van der Waals surface area contributed by atoms with Crippen LogP contribution in [0.4, 0.5) is 29.2 Å². The fourth-order valence-corrected chi connectivity index (χ4v) is 12.3. The van der Waals surface area contributed by atoms with Crippen molar-refractivity contribution in [1.82, 2.24) is 20.6 Å². The van der Waals surface area contributed by atoms with Crippen molar-refractivity contribution < 1.29 is 27.2 Å². The molecule has 6 aromatic carbocycles. The molecule has 6 N–H and O–H groups in total. The summed E-state index contributed by atoms with van der Waals surface area (Å²) in [6.45, 7) is 8.49. The number of hydrogen-bond acceptors (Lipinski definition) is 6. The van der Waals surface area contributed by atoms with Gasteiger partial charge < -0.3 is 22.1 Å². The molecule has 372 valence electrons. The zero-order valence-corrected chi connectivity index (χ0v) is 41.5. The van der Waals surface area contributed by atoms with Crippen LogP contribution in [0, 0.1) is 51.0 Å². The maximum atomic E-state index is 14.5. The number of aromatic nitrogens is 2. The molecule has 0 fully saturated rings. The molecule has 4 unspecified atom stereocenters. The van der Waals surface area contributed by atoms with E-state index in [1.165, 1.54) is 63.2 Å². The summed E-state index contributed by atoms with van der Waals surface area (Å²) in [4.78, 5) is 34.8. The third kappa shape index (κ3) is 8.75. The van der Waals surface area contributed by atoms with Crippen molar-refractivity contribution in [2.75, 3.05) is 11.5 Å². The number of carbonyl (C=O) groups excluding carboxylic acids is 2. The van der Waals surface area contributed by atoms with Crippen LogP contribution < -0.4 is 22.1 Å². The first kappa shape index (κ1) is 48.2. The quantitative estimate of drug-likeness (QED) is 0.112. The second-order valence-corrected chi connectivity index (χ2v) is 20.2. The van der Waals surface area contributed by atoms with Crippen molar-refractivity contribution >= 4 is 23.5 Å². The molecule has 6 aliphatic rings. The molecule has 6 aliphatic carbocycles. The molecular weight excluding hydrogens is 937 g/mol. The van der Waals surface area contributed by atoms with Crippen LogP contribution in [0.25, 0.3) is 22.3 Å². The van der Waals surface area contributed by atoms with Gasteiger partial charge in [-0.3, -0.25) is 9.59 Å². The Kier molecular flexibility index (Phi) is 12.4. The highest BCUT2D eigenvalue weighted by Crippen LogP contribution is 2.55. The maximum Gasteiger partial charge on any atom is 0.251 e. The van der Waals surface area contributed by atoms with Gasteiger partial charge in [0.1, 0.15) is 34.9 Å². The molecule has 0 radical (unpaired) electrons. The third-order valence-corrected chi connectivity index (χ3v) is 15.8. The number of hydrogen-bond donors (Lipinski definition) is 4. The second-order valence-electron chi connectivity index (χ2n) is 20.2. The van der Waals surface area contributed by atoms with E-state index in [-0.39, 0.29) is 35.5 Å². The van der Waals surface area contributed by atoms with E-state index in [9.17, 15) is 27.2 Å². The first-order valence-electron chi connectivity index (χ1n) is 25.1. The second kappa shape index (κ2) is 19.1. The van der Waals surface area contributed by atoms with Crippen LogP contribution in [-0.2, 0) is 13.1 Å². The highest BCUT2D eigenvalue weighted by atomic mass is 19.1. The highest BCUT2D eigenvalue weighted by Gasteiger charge is 2.39. The van der Waals surface area contributed by atoms with Gasteiger partial charge in [0.05, 0.1) is 0 Å². The zero-order valence-electron chi connectivity index (χ0n) is 41.5. The van der Waals surface area contributed by atoms with Crippen LogP contribution >= 0.6 is 0 Å². The molecule has 2 aromatic heterocycles. The lowest BCUT2D eigenvalue weighted by Crippen LogP contribution is -2.27. The molecule has 4 bridgehead atoms. The van der Waals surface area contributed by atoms with E-state index in [4.69, 9.17) is 11.5 Å². The minimum Gasteiger partial charge on any atom is -0.384 e. The molecule has 74 heavy (non-hydrogen) atoms. The van der Waals surface area contributed by atoms with Gasteiger partial charge in [0.25, 0.3) is 11.8 Å². The smallest absolute Gasteiger partial charge is 0.251 e. The number of benzene rings is 6. The summed E-state index contributed by atoms with van der Waals surface area (Å²) in [6.07, 6.45) is 4.04. The summed E-state index contributed by atoms with van der Waals surface area (Å²) in [7, 11) is 0.